The lowest BCUT2D eigenvalue weighted by atomic mass is 9.82. The quantitative estimate of drug-likeness (QED) is 0.854. The van der Waals surface area contributed by atoms with Gasteiger partial charge in [0.25, 0.3) is 0 Å². The highest BCUT2D eigenvalue weighted by atomic mass is 16.4. The first-order valence-corrected chi connectivity index (χ1v) is 7.99. The summed E-state index contributed by atoms with van der Waals surface area (Å²) in [6.07, 6.45) is 6.52. The first kappa shape index (κ1) is 15.5. The van der Waals surface area contributed by atoms with Gasteiger partial charge in [-0.05, 0) is 25.0 Å². The fourth-order valence-corrected chi connectivity index (χ4v) is 3.29. The second-order valence-electron chi connectivity index (χ2n) is 5.99. The third kappa shape index (κ3) is 3.36. The highest BCUT2D eigenvalue weighted by molar-refractivity contribution is 5.85. The summed E-state index contributed by atoms with van der Waals surface area (Å²) in [4.78, 5) is 32.4. The van der Waals surface area contributed by atoms with E-state index in [1.807, 2.05) is 30.4 Å². The number of amides is 1. The Morgan fingerprint density at radius 3 is 2.35 bits per heavy atom. The highest BCUT2D eigenvalue weighted by Crippen LogP contribution is 2.28. The Kier molecular flexibility index (Phi) is 4.60. The minimum Gasteiger partial charge on any atom is -0.481 e. The van der Waals surface area contributed by atoms with Gasteiger partial charge in [0.1, 0.15) is 5.82 Å². The topological polar surface area (TPSA) is 73.7 Å². The molecule has 1 aromatic heterocycles. The van der Waals surface area contributed by atoms with E-state index in [9.17, 15) is 14.7 Å². The summed E-state index contributed by atoms with van der Waals surface area (Å²) in [6, 6.07) is 5.79. The molecule has 0 radical (unpaired) electrons. The molecule has 1 N–H and O–H groups in total. The fourth-order valence-electron chi connectivity index (χ4n) is 3.29. The summed E-state index contributed by atoms with van der Waals surface area (Å²) < 4.78 is 0. The second kappa shape index (κ2) is 6.81. The van der Waals surface area contributed by atoms with E-state index in [4.69, 9.17) is 0 Å². The van der Waals surface area contributed by atoms with Gasteiger partial charge in [-0.2, -0.15) is 0 Å². The summed E-state index contributed by atoms with van der Waals surface area (Å²) in [5.41, 5.74) is 0. The number of carbonyl (C=O) groups excluding carboxylic acids is 1. The Labute approximate surface area is 135 Å². The fraction of sp³-hybridized carbons (Fsp3) is 0.471. The smallest absolute Gasteiger partial charge is 0.307 e. The van der Waals surface area contributed by atoms with Gasteiger partial charge in [0.15, 0.2) is 0 Å². The lowest BCUT2D eigenvalue weighted by Gasteiger charge is -2.38. The van der Waals surface area contributed by atoms with Crippen molar-refractivity contribution in [1.29, 1.82) is 0 Å². The molecule has 0 unspecified atom stereocenters. The van der Waals surface area contributed by atoms with Crippen LogP contribution in [0.2, 0.25) is 0 Å². The van der Waals surface area contributed by atoms with Gasteiger partial charge in [-0.25, -0.2) is 4.98 Å². The van der Waals surface area contributed by atoms with Crippen LogP contribution in [0.5, 0.6) is 0 Å². The van der Waals surface area contributed by atoms with Crippen molar-refractivity contribution in [3.63, 3.8) is 0 Å². The molecule has 0 spiro atoms. The maximum atomic E-state index is 12.7. The molecule has 1 aliphatic heterocycles. The number of hydrogen-bond acceptors (Lipinski definition) is 4. The van der Waals surface area contributed by atoms with Crippen molar-refractivity contribution in [3.05, 3.63) is 36.5 Å². The predicted molar refractivity (Wildman–Crippen MR) is 86.0 cm³/mol. The Morgan fingerprint density at radius 1 is 1.04 bits per heavy atom. The second-order valence-corrected chi connectivity index (χ2v) is 5.99. The van der Waals surface area contributed by atoms with Crippen molar-refractivity contribution >= 4 is 17.7 Å². The maximum absolute atomic E-state index is 12.7. The van der Waals surface area contributed by atoms with Gasteiger partial charge in [0.05, 0.1) is 11.8 Å². The molecule has 1 amide bonds. The van der Waals surface area contributed by atoms with Gasteiger partial charge in [-0.15, -0.1) is 0 Å². The SMILES string of the molecule is O=C(O)[C@H]1CC=CC[C@@H]1C(=O)N1CCN(c2ccccn2)CC1. The minimum absolute atomic E-state index is 0.0255. The summed E-state index contributed by atoms with van der Waals surface area (Å²) in [6.45, 7) is 2.68. The van der Waals surface area contributed by atoms with Crippen LogP contribution in [0.3, 0.4) is 0 Å². The molecule has 6 nitrogen and oxygen atoms in total. The number of aromatic nitrogens is 1. The molecule has 23 heavy (non-hydrogen) atoms. The van der Waals surface area contributed by atoms with Gasteiger partial charge in [0.2, 0.25) is 5.91 Å². The van der Waals surface area contributed by atoms with Crippen molar-refractivity contribution in [2.75, 3.05) is 31.1 Å². The highest BCUT2D eigenvalue weighted by Gasteiger charge is 2.37. The number of hydrogen-bond donors (Lipinski definition) is 1. The average Bonchev–Trinajstić information content (AvgIpc) is 2.62. The summed E-state index contributed by atoms with van der Waals surface area (Å²) in [5, 5.41) is 9.33. The number of rotatable bonds is 3. The van der Waals surface area contributed by atoms with Crippen LogP contribution in [0, 0.1) is 11.8 Å². The number of carboxylic acids is 1. The van der Waals surface area contributed by atoms with Crippen LogP contribution in [0.15, 0.2) is 36.5 Å². The van der Waals surface area contributed by atoms with Crippen LogP contribution in [0.4, 0.5) is 5.82 Å². The third-order valence-electron chi connectivity index (χ3n) is 4.63. The number of allylic oxidation sites excluding steroid dienone is 2. The lowest BCUT2D eigenvalue weighted by Crippen LogP contribution is -2.52. The van der Waals surface area contributed by atoms with E-state index in [-0.39, 0.29) is 5.91 Å². The van der Waals surface area contributed by atoms with Crippen molar-refractivity contribution < 1.29 is 14.7 Å². The molecule has 1 saturated heterocycles. The van der Waals surface area contributed by atoms with Gasteiger partial charge in [-0.3, -0.25) is 9.59 Å². The molecule has 3 rings (SSSR count). The van der Waals surface area contributed by atoms with Crippen molar-refractivity contribution in [1.82, 2.24) is 9.88 Å². The number of carboxylic acid groups (broad SMARTS) is 1. The van der Waals surface area contributed by atoms with Gasteiger partial charge in [-0.1, -0.05) is 18.2 Å². The third-order valence-corrected chi connectivity index (χ3v) is 4.63. The summed E-state index contributed by atoms with van der Waals surface area (Å²) in [5.74, 6) is -1.01. The Balaban J connectivity index is 1.62. The van der Waals surface area contributed by atoms with Crippen molar-refractivity contribution in [3.8, 4) is 0 Å². The molecule has 0 bridgehead atoms. The van der Waals surface area contributed by atoms with Gasteiger partial charge in [0, 0.05) is 32.4 Å². The number of anilines is 1. The molecule has 0 saturated carbocycles. The molecule has 0 aromatic carbocycles. The number of nitrogens with zero attached hydrogens (tertiary/aromatic N) is 3. The van der Waals surface area contributed by atoms with Gasteiger partial charge >= 0.3 is 5.97 Å². The van der Waals surface area contributed by atoms with Crippen molar-refractivity contribution in [2.45, 2.75) is 12.8 Å². The molecule has 6 heteroatoms. The van der Waals surface area contributed by atoms with Crippen molar-refractivity contribution in [2.24, 2.45) is 11.8 Å². The molecule has 1 aromatic rings. The lowest BCUT2D eigenvalue weighted by molar-refractivity contribution is -0.150. The minimum atomic E-state index is -0.875. The standard InChI is InChI=1S/C17H21N3O3/c21-16(13-5-1-2-6-14(13)17(22)23)20-11-9-19(10-12-20)15-7-3-4-8-18-15/h1-4,7-8,13-14H,5-6,9-12H2,(H,22,23)/t13-,14-/m0/s1. The monoisotopic (exact) mass is 315 g/mol. The summed E-state index contributed by atoms with van der Waals surface area (Å²) >= 11 is 0. The first-order chi connectivity index (χ1) is 11.2. The van der Waals surface area contributed by atoms with E-state index >= 15 is 0 Å². The van der Waals surface area contributed by atoms with Crippen LogP contribution in [0.1, 0.15) is 12.8 Å². The molecule has 2 heterocycles. The van der Waals surface area contributed by atoms with Crippen LogP contribution in [-0.2, 0) is 9.59 Å². The molecular formula is C17H21N3O3. The number of aliphatic carboxylic acids is 1. The Bertz CT molecular complexity index is 594. The normalized spacial score (nSPS) is 24.5. The number of carbonyl (C=O) groups is 2. The van der Waals surface area contributed by atoms with E-state index in [0.717, 1.165) is 18.9 Å². The Hall–Kier alpha value is -2.37. The van der Waals surface area contributed by atoms with E-state index in [1.54, 1.807) is 11.1 Å². The molecule has 2 atom stereocenters. The van der Waals surface area contributed by atoms with E-state index in [0.29, 0.717) is 25.9 Å². The van der Waals surface area contributed by atoms with E-state index < -0.39 is 17.8 Å². The number of piperazine rings is 1. The van der Waals surface area contributed by atoms with Crippen LogP contribution < -0.4 is 4.90 Å². The predicted octanol–water partition coefficient (Wildman–Crippen LogP) is 1.40. The van der Waals surface area contributed by atoms with Gasteiger partial charge < -0.3 is 14.9 Å². The first-order valence-electron chi connectivity index (χ1n) is 7.99. The molecule has 2 aliphatic rings. The zero-order valence-corrected chi connectivity index (χ0v) is 13.0. The van der Waals surface area contributed by atoms with Crippen LogP contribution >= 0.6 is 0 Å². The number of pyridine rings is 1. The zero-order chi connectivity index (χ0) is 16.2. The zero-order valence-electron chi connectivity index (χ0n) is 13.0. The molecular weight excluding hydrogens is 294 g/mol. The summed E-state index contributed by atoms with van der Waals surface area (Å²) in [7, 11) is 0. The average molecular weight is 315 g/mol. The molecule has 1 fully saturated rings. The Morgan fingerprint density at radius 2 is 1.74 bits per heavy atom. The van der Waals surface area contributed by atoms with E-state index in [1.165, 1.54) is 0 Å². The maximum Gasteiger partial charge on any atom is 0.307 e. The van der Waals surface area contributed by atoms with Crippen LogP contribution in [-0.4, -0.2) is 53.0 Å². The molecule has 122 valence electrons. The van der Waals surface area contributed by atoms with E-state index in [2.05, 4.69) is 9.88 Å². The largest absolute Gasteiger partial charge is 0.481 e. The van der Waals surface area contributed by atoms with Crippen LogP contribution in [0.25, 0.3) is 0 Å². The molecule has 1 aliphatic carbocycles.